The minimum Gasteiger partial charge on any atom is -0.481 e. The number of hydrogen-bond acceptors (Lipinski definition) is 2. The Hall–Kier alpha value is -1.98. The molecule has 2 N–H and O–H groups in total. The average Bonchev–Trinajstić information content (AvgIpc) is 2.27. The van der Waals surface area contributed by atoms with E-state index in [1.54, 1.807) is 0 Å². The molecule has 1 rings (SSSR count). The molecule has 0 fully saturated rings. The van der Waals surface area contributed by atoms with Gasteiger partial charge < -0.3 is 10.4 Å². The molecule has 1 amide bonds. The van der Waals surface area contributed by atoms with Crippen molar-refractivity contribution in [1.82, 2.24) is 5.32 Å². The van der Waals surface area contributed by atoms with Gasteiger partial charge in [-0.05, 0) is 24.1 Å². The summed E-state index contributed by atoms with van der Waals surface area (Å²) >= 11 is 0. The molecular weight excluding hydrogens is 244 g/mol. The van der Waals surface area contributed by atoms with Gasteiger partial charge in [0, 0.05) is 13.3 Å². The lowest BCUT2D eigenvalue weighted by molar-refractivity contribution is -0.137. The highest BCUT2D eigenvalue weighted by Crippen LogP contribution is 2.20. The minimum atomic E-state index is -1.03. The summed E-state index contributed by atoms with van der Waals surface area (Å²) in [5, 5.41) is 11.1. The van der Waals surface area contributed by atoms with Gasteiger partial charge in [0.15, 0.2) is 11.6 Å². The molecule has 0 aliphatic heterocycles. The highest BCUT2D eigenvalue weighted by atomic mass is 19.2. The van der Waals surface area contributed by atoms with Crippen LogP contribution in [-0.4, -0.2) is 17.0 Å². The molecule has 98 valence electrons. The number of amides is 1. The maximum atomic E-state index is 13.1. The average molecular weight is 257 g/mol. The maximum Gasteiger partial charge on any atom is 0.303 e. The topological polar surface area (TPSA) is 66.4 Å². The lowest BCUT2D eigenvalue weighted by atomic mass is 10.0. The summed E-state index contributed by atoms with van der Waals surface area (Å²) in [6.07, 6.45) is -0.0655. The third-order valence-electron chi connectivity index (χ3n) is 2.37. The first-order valence-corrected chi connectivity index (χ1v) is 5.34. The van der Waals surface area contributed by atoms with E-state index in [1.807, 2.05) is 0 Å². The van der Waals surface area contributed by atoms with Crippen molar-refractivity contribution < 1.29 is 23.5 Å². The maximum absolute atomic E-state index is 13.1. The lowest BCUT2D eigenvalue weighted by Gasteiger charge is -2.17. The van der Waals surface area contributed by atoms with Crippen molar-refractivity contribution in [2.24, 2.45) is 0 Å². The summed E-state index contributed by atoms with van der Waals surface area (Å²) in [7, 11) is 0. The summed E-state index contributed by atoms with van der Waals surface area (Å²) < 4.78 is 25.9. The first kappa shape index (κ1) is 14.1. The van der Waals surface area contributed by atoms with Crippen molar-refractivity contribution in [3.63, 3.8) is 0 Å². The second-order valence-electron chi connectivity index (χ2n) is 3.86. The van der Waals surface area contributed by atoms with Gasteiger partial charge in [0.2, 0.25) is 5.91 Å². The van der Waals surface area contributed by atoms with Crippen LogP contribution in [0.15, 0.2) is 18.2 Å². The monoisotopic (exact) mass is 257 g/mol. The van der Waals surface area contributed by atoms with Crippen LogP contribution in [0.1, 0.15) is 31.4 Å². The standard InChI is InChI=1S/C12H13F2NO3/c1-7(16)15-11(4-5-12(17)18)8-2-3-9(13)10(14)6-8/h2-3,6,11H,4-5H2,1H3,(H,15,16)(H,17,18). The molecule has 0 heterocycles. The quantitative estimate of drug-likeness (QED) is 0.847. The fourth-order valence-corrected chi connectivity index (χ4v) is 1.56. The van der Waals surface area contributed by atoms with Crippen molar-refractivity contribution in [3.05, 3.63) is 35.4 Å². The first-order chi connectivity index (χ1) is 8.40. The number of carboxylic acids is 1. The van der Waals surface area contributed by atoms with E-state index in [0.717, 1.165) is 12.1 Å². The molecule has 0 aliphatic carbocycles. The molecule has 0 radical (unpaired) electrons. The van der Waals surface area contributed by atoms with Crippen molar-refractivity contribution in [1.29, 1.82) is 0 Å². The molecule has 0 saturated carbocycles. The number of aliphatic carboxylic acids is 1. The van der Waals surface area contributed by atoms with Crippen LogP contribution < -0.4 is 5.32 Å². The highest BCUT2D eigenvalue weighted by molar-refractivity contribution is 5.73. The van der Waals surface area contributed by atoms with Crippen LogP contribution in [0.25, 0.3) is 0 Å². The van der Waals surface area contributed by atoms with Crippen LogP contribution in [0.3, 0.4) is 0 Å². The Morgan fingerprint density at radius 1 is 1.33 bits per heavy atom. The largest absolute Gasteiger partial charge is 0.481 e. The summed E-state index contributed by atoms with van der Waals surface area (Å²) in [5.41, 5.74) is 0.338. The fraction of sp³-hybridized carbons (Fsp3) is 0.333. The van der Waals surface area contributed by atoms with E-state index < -0.39 is 23.6 Å². The summed E-state index contributed by atoms with van der Waals surface area (Å²) in [6.45, 7) is 1.27. The third kappa shape index (κ3) is 4.12. The number of nitrogens with one attached hydrogen (secondary N) is 1. The first-order valence-electron chi connectivity index (χ1n) is 5.34. The second kappa shape index (κ2) is 6.09. The Labute approximate surface area is 103 Å². The zero-order valence-electron chi connectivity index (χ0n) is 9.74. The molecule has 1 unspecified atom stereocenters. The molecule has 0 aliphatic rings. The van der Waals surface area contributed by atoms with E-state index in [2.05, 4.69) is 5.32 Å². The number of carbonyl (C=O) groups is 2. The normalized spacial score (nSPS) is 11.9. The van der Waals surface area contributed by atoms with E-state index in [0.29, 0.717) is 5.56 Å². The molecule has 0 aromatic heterocycles. The minimum absolute atomic E-state index is 0.111. The van der Waals surface area contributed by atoms with Gasteiger partial charge >= 0.3 is 5.97 Å². The van der Waals surface area contributed by atoms with Gasteiger partial charge in [-0.1, -0.05) is 6.07 Å². The van der Waals surface area contributed by atoms with Crippen LogP contribution in [0.5, 0.6) is 0 Å². The SMILES string of the molecule is CC(=O)NC(CCC(=O)O)c1ccc(F)c(F)c1. The fourth-order valence-electron chi connectivity index (χ4n) is 1.56. The molecule has 18 heavy (non-hydrogen) atoms. The van der Waals surface area contributed by atoms with Crippen molar-refractivity contribution in [2.75, 3.05) is 0 Å². The van der Waals surface area contributed by atoms with E-state index in [1.165, 1.54) is 13.0 Å². The van der Waals surface area contributed by atoms with E-state index >= 15 is 0 Å². The Morgan fingerprint density at radius 2 is 2.00 bits per heavy atom. The molecule has 0 saturated heterocycles. The van der Waals surface area contributed by atoms with Gasteiger partial charge in [-0.25, -0.2) is 8.78 Å². The Kier molecular flexibility index (Phi) is 4.76. The van der Waals surface area contributed by atoms with E-state index in [4.69, 9.17) is 5.11 Å². The molecule has 4 nitrogen and oxygen atoms in total. The molecular formula is C12H13F2NO3. The smallest absolute Gasteiger partial charge is 0.303 e. The van der Waals surface area contributed by atoms with Gasteiger partial charge in [0.1, 0.15) is 0 Å². The van der Waals surface area contributed by atoms with Crippen LogP contribution >= 0.6 is 0 Å². The predicted molar refractivity (Wildman–Crippen MR) is 59.8 cm³/mol. The van der Waals surface area contributed by atoms with Crippen molar-refractivity contribution >= 4 is 11.9 Å². The van der Waals surface area contributed by atoms with E-state index in [-0.39, 0.29) is 18.7 Å². The highest BCUT2D eigenvalue weighted by Gasteiger charge is 2.16. The molecule has 1 atom stereocenters. The van der Waals surface area contributed by atoms with Gasteiger partial charge in [-0.2, -0.15) is 0 Å². The molecule has 6 heteroatoms. The molecule has 0 spiro atoms. The van der Waals surface area contributed by atoms with Crippen LogP contribution in [0, 0.1) is 11.6 Å². The van der Waals surface area contributed by atoms with Gasteiger partial charge in [-0.15, -0.1) is 0 Å². The molecule has 1 aromatic rings. The third-order valence-corrected chi connectivity index (χ3v) is 2.37. The Balaban J connectivity index is 2.89. The Bertz CT molecular complexity index is 463. The number of halogens is 2. The number of hydrogen-bond donors (Lipinski definition) is 2. The number of carboxylic acid groups (broad SMARTS) is 1. The molecule has 1 aromatic carbocycles. The Morgan fingerprint density at radius 3 is 2.50 bits per heavy atom. The summed E-state index contributed by atoms with van der Waals surface area (Å²) in [4.78, 5) is 21.5. The molecule has 0 bridgehead atoms. The number of carbonyl (C=O) groups excluding carboxylic acids is 1. The lowest BCUT2D eigenvalue weighted by Crippen LogP contribution is -2.26. The second-order valence-corrected chi connectivity index (χ2v) is 3.86. The van der Waals surface area contributed by atoms with Gasteiger partial charge in [0.25, 0.3) is 0 Å². The van der Waals surface area contributed by atoms with Crippen molar-refractivity contribution in [2.45, 2.75) is 25.8 Å². The zero-order chi connectivity index (χ0) is 13.7. The van der Waals surface area contributed by atoms with Crippen molar-refractivity contribution in [3.8, 4) is 0 Å². The zero-order valence-corrected chi connectivity index (χ0v) is 9.74. The van der Waals surface area contributed by atoms with Crippen LogP contribution in [0.2, 0.25) is 0 Å². The van der Waals surface area contributed by atoms with E-state index in [9.17, 15) is 18.4 Å². The number of benzene rings is 1. The van der Waals surface area contributed by atoms with Gasteiger partial charge in [-0.3, -0.25) is 9.59 Å². The number of rotatable bonds is 5. The van der Waals surface area contributed by atoms with Gasteiger partial charge in [0.05, 0.1) is 6.04 Å². The predicted octanol–water partition coefficient (Wildman–Crippen LogP) is 2.01. The summed E-state index contributed by atoms with van der Waals surface area (Å²) in [6, 6.07) is 2.58. The van der Waals surface area contributed by atoms with Crippen LogP contribution in [0.4, 0.5) is 8.78 Å². The summed E-state index contributed by atoms with van der Waals surface area (Å²) in [5.74, 6) is -3.40. The van der Waals surface area contributed by atoms with Crippen LogP contribution in [-0.2, 0) is 9.59 Å².